The number of aromatic nitrogens is 2. The molecule has 1 atom stereocenters. The van der Waals surface area contributed by atoms with E-state index in [1.807, 2.05) is 31.2 Å². The molecular weight excluding hydrogens is 356 g/mol. The first-order valence-electron chi connectivity index (χ1n) is 9.10. The van der Waals surface area contributed by atoms with Gasteiger partial charge in [-0.05, 0) is 19.9 Å². The molecule has 1 aliphatic heterocycles. The number of aromatic amines is 1. The molecule has 0 spiro atoms. The van der Waals surface area contributed by atoms with Crippen LogP contribution >= 0.6 is 0 Å². The quantitative estimate of drug-likeness (QED) is 0.687. The fourth-order valence-corrected chi connectivity index (χ4v) is 3.48. The van der Waals surface area contributed by atoms with Crippen molar-refractivity contribution < 1.29 is 14.0 Å². The van der Waals surface area contributed by atoms with Gasteiger partial charge in [0.2, 0.25) is 0 Å². The van der Waals surface area contributed by atoms with Gasteiger partial charge in [-0.1, -0.05) is 24.1 Å². The summed E-state index contributed by atoms with van der Waals surface area (Å²) in [5, 5.41) is 10.7. The lowest BCUT2D eigenvalue weighted by Gasteiger charge is -2.26. The molecule has 0 radical (unpaired) electrons. The number of amides is 2. The Balaban J connectivity index is 1.60. The number of nitrogens with zero attached hydrogens (tertiary/aromatic N) is 2. The molecule has 0 bridgehead atoms. The van der Waals surface area contributed by atoms with Crippen LogP contribution in [0.4, 0.5) is 0 Å². The molecule has 28 heavy (non-hydrogen) atoms. The van der Waals surface area contributed by atoms with Gasteiger partial charge in [0.05, 0.1) is 12.6 Å². The normalized spacial score (nSPS) is 14.4. The maximum atomic E-state index is 13.1. The van der Waals surface area contributed by atoms with Gasteiger partial charge in [0.25, 0.3) is 11.8 Å². The topological polar surface area (TPSA) is 91.2 Å². The second-order valence-corrected chi connectivity index (χ2v) is 6.92. The third-order valence-electron chi connectivity index (χ3n) is 5.07. The second kappa shape index (κ2) is 6.89. The molecule has 1 aromatic carbocycles. The van der Waals surface area contributed by atoms with E-state index in [9.17, 15) is 9.59 Å². The van der Waals surface area contributed by atoms with Crippen molar-refractivity contribution in [3.8, 4) is 12.3 Å². The number of hydrogen-bond donors (Lipinski definition) is 2. The number of nitrogens with one attached hydrogen (secondary N) is 2. The van der Waals surface area contributed by atoms with E-state index in [-0.39, 0.29) is 24.1 Å². The predicted molar refractivity (Wildman–Crippen MR) is 104 cm³/mol. The zero-order valence-corrected chi connectivity index (χ0v) is 15.7. The van der Waals surface area contributed by atoms with Crippen LogP contribution < -0.4 is 5.32 Å². The maximum Gasteiger partial charge on any atom is 0.290 e. The van der Waals surface area contributed by atoms with E-state index in [0.29, 0.717) is 24.3 Å². The smallest absolute Gasteiger partial charge is 0.290 e. The minimum atomic E-state index is -0.403. The van der Waals surface area contributed by atoms with Crippen molar-refractivity contribution in [3.05, 3.63) is 52.5 Å². The molecule has 2 N–H and O–H groups in total. The maximum absolute atomic E-state index is 13.1. The van der Waals surface area contributed by atoms with E-state index in [4.69, 9.17) is 10.8 Å². The summed E-state index contributed by atoms with van der Waals surface area (Å²) < 4.78 is 5.81. The molecule has 0 aliphatic carbocycles. The van der Waals surface area contributed by atoms with Crippen molar-refractivity contribution in [2.45, 2.75) is 32.9 Å². The summed E-state index contributed by atoms with van der Waals surface area (Å²) in [6.45, 7) is 4.41. The first-order chi connectivity index (χ1) is 13.5. The van der Waals surface area contributed by atoms with Crippen molar-refractivity contribution in [1.82, 2.24) is 20.4 Å². The summed E-state index contributed by atoms with van der Waals surface area (Å²) in [6.07, 6.45) is 5.92. The number of hydrogen-bond acceptors (Lipinski definition) is 4. The van der Waals surface area contributed by atoms with Crippen molar-refractivity contribution >= 4 is 22.8 Å². The Hall–Kier alpha value is -3.53. The molecule has 2 aromatic heterocycles. The first kappa shape index (κ1) is 17.9. The van der Waals surface area contributed by atoms with Crippen LogP contribution in [0.15, 0.2) is 28.7 Å². The Kier molecular flexibility index (Phi) is 4.40. The van der Waals surface area contributed by atoms with E-state index in [2.05, 4.69) is 21.4 Å². The second-order valence-electron chi connectivity index (χ2n) is 6.92. The molecule has 1 aliphatic rings. The van der Waals surface area contributed by atoms with E-state index in [1.54, 1.807) is 11.8 Å². The average Bonchev–Trinajstić information content (AvgIpc) is 3.28. The Morgan fingerprint density at radius 3 is 2.93 bits per heavy atom. The third-order valence-corrected chi connectivity index (χ3v) is 5.07. The van der Waals surface area contributed by atoms with Crippen molar-refractivity contribution in [2.75, 3.05) is 6.54 Å². The van der Waals surface area contributed by atoms with Gasteiger partial charge in [0.15, 0.2) is 11.5 Å². The highest BCUT2D eigenvalue weighted by molar-refractivity contribution is 5.99. The van der Waals surface area contributed by atoms with E-state index in [1.165, 1.54) is 0 Å². The van der Waals surface area contributed by atoms with Crippen LogP contribution in [0.25, 0.3) is 11.0 Å². The van der Waals surface area contributed by atoms with E-state index in [0.717, 1.165) is 22.2 Å². The number of fused-ring (bicyclic) bond motifs is 2. The molecule has 0 saturated carbocycles. The minimum absolute atomic E-state index is 0.191. The lowest BCUT2D eigenvalue weighted by Crippen LogP contribution is -2.37. The molecule has 0 saturated heterocycles. The van der Waals surface area contributed by atoms with Crippen LogP contribution in [-0.4, -0.2) is 39.5 Å². The van der Waals surface area contributed by atoms with Crippen molar-refractivity contribution in [1.29, 1.82) is 0 Å². The van der Waals surface area contributed by atoms with E-state index >= 15 is 0 Å². The highest BCUT2D eigenvalue weighted by atomic mass is 16.3. The fraction of sp³-hybridized carbons (Fsp3) is 0.286. The average molecular weight is 376 g/mol. The Labute approximate surface area is 162 Å². The summed E-state index contributed by atoms with van der Waals surface area (Å²) in [6, 6.07) is 7.17. The number of furan rings is 1. The van der Waals surface area contributed by atoms with Crippen LogP contribution in [0.5, 0.6) is 0 Å². The van der Waals surface area contributed by atoms with Gasteiger partial charge in [0.1, 0.15) is 5.58 Å². The van der Waals surface area contributed by atoms with Gasteiger partial charge in [-0.3, -0.25) is 14.7 Å². The van der Waals surface area contributed by atoms with Gasteiger partial charge in [-0.15, -0.1) is 6.42 Å². The highest BCUT2D eigenvalue weighted by Gasteiger charge is 2.30. The molecule has 4 rings (SSSR count). The van der Waals surface area contributed by atoms with Gasteiger partial charge < -0.3 is 14.6 Å². The van der Waals surface area contributed by atoms with Gasteiger partial charge in [-0.2, -0.15) is 5.10 Å². The summed E-state index contributed by atoms with van der Waals surface area (Å²) in [5.74, 6) is 2.25. The molecule has 7 heteroatoms. The number of carbonyl (C=O) groups is 2. The van der Waals surface area contributed by atoms with Crippen LogP contribution in [0.3, 0.4) is 0 Å². The number of terminal acetylenes is 1. The monoisotopic (exact) mass is 376 g/mol. The first-order valence-corrected chi connectivity index (χ1v) is 9.10. The molecule has 7 nitrogen and oxygen atoms in total. The number of H-pyrrole nitrogens is 1. The van der Waals surface area contributed by atoms with Gasteiger partial charge >= 0.3 is 0 Å². The number of carbonyl (C=O) groups excluding carboxylic acids is 2. The Morgan fingerprint density at radius 1 is 1.39 bits per heavy atom. The summed E-state index contributed by atoms with van der Waals surface area (Å²) in [7, 11) is 0. The van der Waals surface area contributed by atoms with Crippen LogP contribution in [0.1, 0.15) is 44.8 Å². The summed E-state index contributed by atoms with van der Waals surface area (Å²) in [5.41, 5.74) is 3.36. The van der Waals surface area contributed by atoms with Crippen LogP contribution in [0, 0.1) is 19.3 Å². The largest absolute Gasteiger partial charge is 0.451 e. The standard InChI is InChI=1S/C21H20N4O3/c1-4-12(2)22-20(26)18-15-11-25(10-9-16(15)23-24-18)21(27)19-13(3)14-7-5-6-8-17(14)28-19/h1,5-8,12H,9-11H2,2-3H3,(H,22,26)(H,23,24). The molecule has 3 aromatic rings. The number of para-hydroxylation sites is 1. The lowest BCUT2D eigenvalue weighted by molar-refractivity contribution is 0.0700. The molecule has 3 heterocycles. The molecule has 1 unspecified atom stereocenters. The third kappa shape index (κ3) is 2.93. The zero-order chi connectivity index (χ0) is 19.8. The molecule has 2 amide bonds. The van der Waals surface area contributed by atoms with Crippen molar-refractivity contribution in [2.24, 2.45) is 0 Å². The number of aryl methyl sites for hydroxylation is 1. The van der Waals surface area contributed by atoms with Crippen LogP contribution in [0.2, 0.25) is 0 Å². The Bertz CT molecular complexity index is 1120. The Morgan fingerprint density at radius 2 is 2.18 bits per heavy atom. The fourth-order valence-electron chi connectivity index (χ4n) is 3.48. The summed E-state index contributed by atoms with van der Waals surface area (Å²) >= 11 is 0. The highest BCUT2D eigenvalue weighted by Crippen LogP contribution is 2.28. The number of rotatable bonds is 3. The number of benzene rings is 1. The van der Waals surface area contributed by atoms with Gasteiger partial charge in [0, 0.05) is 35.2 Å². The zero-order valence-electron chi connectivity index (χ0n) is 15.7. The molecular formula is C21H20N4O3. The minimum Gasteiger partial charge on any atom is -0.451 e. The van der Waals surface area contributed by atoms with Gasteiger partial charge in [-0.25, -0.2) is 0 Å². The molecule has 142 valence electrons. The lowest BCUT2D eigenvalue weighted by atomic mass is 10.0. The predicted octanol–water partition coefficient (Wildman–Crippen LogP) is 2.41. The van der Waals surface area contributed by atoms with Crippen molar-refractivity contribution in [3.63, 3.8) is 0 Å². The SMILES string of the molecule is C#CC(C)NC(=O)c1n[nH]c2c1CN(C(=O)c1oc3ccccc3c1C)CC2. The summed E-state index contributed by atoms with van der Waals surface area (Å²) in [4.78, 5) is 27.2. The molecule has 0 fully saturated rings. The van der Waals surface area contributed by atoms with E-state index < -0.39 is 6.04 Å². The van der Waals surface area contributed by atoms with Crippen LogP contribution in [-0.2, 0) is 13.0 Å².